The number of halogens is 3. The number of hydrogen-bond donors (Lipinski definition) is 2. The third-order valence-electron chi connectivity index (χ3n) is 8.48. The minimum absolute atomic E-state index is 0.0592. The summed E-state index contributed by atoms with van der Waals surface area (Å²) >= 11 is 0. The lowest BCUT2D eigenvalue weighted by molar-refractivity contribution is -0.151. The van der Waals surface area contributed by atoms with Crippen LogP contribution in [-0.4, -0.2) is 34.2 Å². The first-order chi connectivity index (χ1) is 20.3. The van der Waals surface area contributed by atoms with E-state index in [0.29, 0.717) is 17.5 Å². The van der Waals surface area contributed by atoms with Crippen LogP contribution in [0.1, 0.15) is 54.7 Å². The molecule has 2 aliphatic heterocycles. The standard InChI is InChI=1S/C32H29F3N2O6/c1-4-17(2)31(30(41)42)26-25(28(39)37(29(26)40)22-13-11-19(12-14-22)18(3)38)27(36-31)20-7-5-9-23(15-20)43-24-10-6-8-21(16-24)32(33,34)35/h5-17,25-27,36H,4H2,1-3H3,(H,41,42). The molecule has 2 heterocycles. The SMILES string of the molecule is CCC(C)C1(C(=O)O)NC(c2cccc(Oc3cccc(C(F)(F)F)c3)c2)C2C(=O)N(c3ccc(C(C)=O)cc3)C(=O)C21. The highest BCUT2D eigenvalue weighted by Gasteiger charge is 2.70. The first-order valence-electron chi connectivity index (χ1n) is 13.7. The number of ether oxygens (including phenoxy) is 1. The van der Waals surface area contributed by atoms with Crippen LogP contribution in [0.15, 0.2) is 72.8 Å². The molecule has 2 fully saturated rings. The quantitative estimate of drug-likeness (QED) is 0.242. The van der Waals surface area contributed by atoms with Gasteiger partial charge in [-0.25, -0.2) is 4.90 Å². The van der Waals surface area contributed by atoms with Crippen LogP contribution in [0, 0.1) is 17.8 Å². The number of hydrogen-bond acceptors (Lipinski definition) is 6. The van der Waals surface area contributed by atoms with Crippen molar-refractivity contribution in [3.63, 3.8) is 0 Å². The Morgan fingerprint density at radius 1 is 1.00 bits per heavy atom. The van der Waals surface area contributed by atoms with E-state index >= 15 is 0 Å². The third kappa shape index (κ3) is 5.07. The predicted octanol–water partition coefficient (Wildman–Crippen LogP) is 6.02. The van der Waals surface area contributed by atoms with Crippen molar-refractivity contribution in [2.75, 3.05) is 4.90 Å². The molecule has 2 amide bonds. The molecular formula is C32H29F3N2O6. The monoisotopic (exact) mass is 594 g/mol. The Hall–Kier alpha value is -4.51. The van der Waals surface area contributed by atoms with Crippen LogP contribution in [0.3, 0.4) is 0 Å². The minimum atomic E-state index is -4.56. The summed E-state index contributed by atoms with van der Waals surface area (Å²) in [6, 6.07) is 15.7. The molecule has 0 aliphatic carbocycles. The Morgan fingerprint density at radius 3 is 2.21 bits per heavy atom. The highest BCUT2D eigenvalue weighted by Crippen LogP contribution is 2.53. The summed E-state index contributed by atoms with van der Waals surface area (Å²) < 4.78 is 45.4. The third-order valence-corrected chi connectivity index (χ3v) is 8.48. The van der Waals surface area contributed by atoms with Crippen LogP contribution in [0.2, 0.25) is 0 Å². The van der Waals surface area contributed by atoms with E-state index in [1.807, 2.05) is 0 Å². The van der Waals surface area contributed by atoms with Crippen molar-refractivity contribution in [2.24, 2.45) is 17.8 Å². The van der Waals surface area contributed by atoms with E-state index in [9.17, 15) is 37.5 Å². The molecule has 43 heavy (non-hydrogen) atoms. The maximum Gasteiger partial charge on any atom is 0.416 e. The smallest absolute Gasteiger partial charge is 0.416 e. The van der Waals surface area contributed by atoms with Crippen molar-refractivity contribution in [1.82, 2.24) is 5.32 Å². The van der Waals surface area contributed by atoms with Gasteiger partial charge in [0.05, 0.1) is 23.1 Å². The van der Waals surface area contributed by atoms with E-state index in [4.69, 9.17) is 4.74 Å². The molecule has 2 saturated heterocycles. The molecule has 8 nitrogen and oxygen atoms in total. The molecule has 0 spiro atoms. The van der Waals surface area contributed by atoms with Crippen LogP contribution < -0.4 is 15.0 Å². The fraction of sp³-hybridized carbons (Fsp3) is 0.312. The van der Waals surface area contributed by atoms with Gasteiger partial charge in [-0.15, -0.1) is 0 Å². The van der Waals surface area contributed by atoms with E-state index in [1.54, 1.807) is 26.0 Å². The number of imide groups is 1. The van der Waals surface area contributed by atoms with E-state index in [-0.39, 0.29) is 23.0 Å². The number of carboxylic acid groups (broad SMARTS) is 1. The summed E-state index contributed by atoms with van der Waals surface area (Å²) in [4.78, 5) is 53.7. The average Bonchev–Trinajstić information content (AvgIpc) is 3.46. The van der Waals surface area contributed by atoms with Gasteiger partial charge in [0.15, 0.2) is 5.78 Å². The van der Waals surface area contributed by atoms with E-state index in [0.717, 1.165) is 17.0 Å². The summed E-state index contributed by atoms with van der Waals surface area (Å²) in [5.74, 6) is -5.55. The maximum absolute atomic E-state index is 14.0. The number of alkyl halides is 3. The number of nitrogens with zero attached hydrogens (tertiary/aromatic N) is 1. The minimum Gasteiger partial charge on any atom is -0.480 e. The Balaban J connectivity index is 1.56. The van der Waals surface area contributed by atoms with Gasteiger partial charge in [0.2, 0.25) is 11.8 Å². The van der Waals surface area contributed by atoms with Gasteiger partial charge >= 0.3 is 12.1 Å². The first-order valence-corrected chi connectivity index (χ1v) is 13.7. The highest BCUT2D eigenvalue weighted by atomic mass is 19.4. The van der Waals surface area contributed by atoms with Crippen molar-refractivity contribution < 1.29 is 42.2 Å². The zero-order valence-corrected chi connectivity index (χ0v) is 23.5. The molecule has 0 saturated carbocycles. The number of rotatable bonds is 8. The fourth-order valence-corrected chi connectivity index (χ4v) is 6.15. The van der Waals surface area contributed by atoms with Crippen LogP contribution >= 0.6 is 0 Å². The molecule has 0 radical (unpaired) electrons. The summed E-state index contributed by atoms with van der Waals surface area (Å²) in [5.41, 5.74) is -1.63. The number of carboxylic acids is 1. The predicted molar refractivity (Wildman–Crippen MR) is 150 cm³/mol. The van der Waals surface area contributed by atoms with Crippen molar-refractivity contribution in [3.05, 3.63) is 89.5 Å². The van der Waals surface area contributed by atoms with Gasteiger partial charge in [-0.3, -0.25) is 24.5 Å². The van der Waals surface area contributed by atoms with E-state index in [2.05, 4.69) is 5.32 Å². The molecule has 5 rings (SSSR count). The number of carbonyl (C=O) groups excluding carboxylic acids is 3. The number of anilines is 1. The summed E-state index contributed by atoms with van der Waals surface area (Å²) in [6.45, 7) is 4.89. The second-order valence-electron chi connectivity index (χ2n) is 10.9. The molecule has 3 aromatic carbocycles. The molecule has 0 bridgehead atoms. The summed E-state index contributed by atoms with van der Waals surface area (Å²) in [6.07, 6.45) is -4.17. The Kier molecular flexibility index (Phi) is 7.64. The van der Waals surface area contributed by atoms with Crippen LogP contribution in [0.4, 0.5) is 18.9 Å². The highest BCUT2D eigenvalue weighted by molar-refractivity contribution is 6.24. The Morgan fingerprint density at radius 2 is 1.63 bits per heavy atom. The van der Waals surface area contributed by atoms with Crippen molar-refractivity contribution >= 4 is 29.3 Å². The Labute approximate surface area is 245 Å². The molecule has 2 aliphatic rings. The molecule has 3 aromatic rings. The number of carbonyl (C=O) groups is 4. The zero-order valence-electron chi connectivity index (χ0n) is 23.5. The number of nitrogens with one attached hydrogen (secondary N) is 1. The van der Waals surface area contributed by atoms with Gasteiger partial charge < -0.3 is 9.84 Å². The number of ketones is 1. The van der Waals surface area contributed by atoms with Gasteiger partial charge in [-0.1, -0.05) is 38.5 Å². The van der Waals surface area contributed by atoms with Gasteiger partial charge in [0.1, 0.15) is 17.0 Å². The molecular weight excluding hydrogens is 565 g/mol. The van der Waals surface area contributed by atoms with E-state index in [1.165, 1.54) is 55.5 Å². The molecule has 2 N–H and O–H groups in total. The molecule has 5 atom stereocenters. The first kappa shape index (κ1) is 30.0. The number of fused-ring (bicyclic) bond motifs is 1. The summed E-state index contributed by atoms with van der Waals surface area (Å²) in [7, 11) is 0. The van der Waals surface area contributed by atoms with Gasteiger partial charge in [-0.2, -0.15) is 13.2 Å². The molecule has 5 unspecified atom stereocenters. The topological polar surface area (TPSA) is 113 Å². The molecule has 224 valence electrons. The molecule has 11 heteroatoms. The fourth-order valence-electron chi connectivity index (χ4n) is 6.15. The van der Waals surface area contributed by atoms with Gasteiger partial charge in [0.25, 0.3) is 0 Å². The van der Waals surface area contributed by atoms with Crippen molar-refractivity contribution in [3.8, 4) is 11.5 Å². The van der Waals surface area contributed by atoms with Crippen molar-refractivity contribution in [1.29, 1.82) is 0 Å². The summed E-state index contributed by atoms with van der Waals surface area (Å²) in [5, 5.41) is 13.7. The average molecular weight is 595 g/mol. The van der Waals surface area contributed by atoms with Crippen molar-refractivity contribution in [2.45, 2.75) is 44.9 Å². The van der Waals surface area contributed by atoms with Gasteiger partial charge in [0, 0.05) is 11.6 Å². The van der Waals surface area contributed by atoms with Gasteiger partial charge in [-0.05, 0) is 73.0 Å². The lowest BCUT2D eigenvalue weighted by Gasteiger charge is -2.36. The lowest BCUT2D eigenvalue weighted by atomic mass is 9.72. The number of Topliss-reactive ketones (excluding diaryl/α,β-unsaturated/α-hetero) is 1. The number of aliphatic carboxylic acids is 1. The Bertz CT molecular complexity index is 1610. The second kappa shape index (κ2) is 11.0. The largest absolute Gasteiger partial charge is 0.480 e. The lowest BCUT2D eigenvalue weighted by Crippen LogP contribution is -2.59. The maximum atomic E-state index is 14.0. The number of amides is 2. The second-order valence-corrected chi connectivity index (χ2v) is 10.9. The molecule has 0 aromatic heterocycles. The normalized spacial score (nSPS) is 24.1. The number of benzene rings is 3. The zero-order chi connectivity index (χ0) is 31.3. The van der Waals surface area contributed by atoms with Crippen LogP contribution in [0.25, 0.3) is 0 Å². The van der Waals surface area contributed by atoms with Crippen LogP contribution in [0.5, 0.6) is 11.5 Å². The van der Waals surface area contributed by atoms with E-state index < -0.39 is 58.9 Å². The van der Waals surface area contributed by atoms with Crippen LogP contribution in [-0.2, 0) is 20.6 Å².